The zero-order valence-corrected chi connectivity index (χ0v) is 69.9. The smallest absolute Gasteiger partial charge is 0.257 e. The fraction of sp³-hybridized carbons (Fsp3) is 0.0722. The molecule has 123 heavy (non-hydrogen) atoms. The van der Waals surface area contributed by atoms with Crippen molar-refractivity contribution in [3.63, 3.8) is 0 Å². The molecule has 7 amide bonds. The maximum absolute atomic E-state index is 12.9. The standard InChI is InChI=1S/C27H24ClN5O2.C24H17Cl2N3O2.C24H18ClN3O2.C22H16ClN3O/c1-18(34)32-12-14-33(15-13-32)25-9-6-20(17-30-25)27(35)31-21-7-8-24(28)23(16-21)26-22-5-3-2-4-19(22)10-11-29-26;1-14(30)28-17-6-8-19(22(26)13-17)24(31)29-16-7-9-21(25)20(12-16)23-18-5-3-2-4-15(18)10-11-27-23;1-15(29)27-18-8-6-17(7-9-18)24(30)28-19-10-11-22(25)21(14-19)23-20-5-3-2-4-16(20)12-13-26-23;23-20-10-9-17(26-22(27)15-5-7-16(24)8-6-15)13-19(20)21-18-4-2-1-3-14(18)11-12-25-21/h2-11,16-17H,12-15H2,1H3,(H,31,35);2-13H,1H3,(H,28,30)(H,29,31);2-14H,1H3,(H,27,29)(H,28,30);1-13H,24H2,(H,26,27). The summed E-state index contributed by atoms with van der Waals surface area (Å²) in [4.78, 5) is 111. The molecule has 6 heterocycles. The molecule has 8 N–H and O–H groups in total. The number of carbonyl (C=O) groups is 7. The predicted molar refractivity (Wildman–Crippen MR) is 497 cm³/mol. The summed E-state index contributed by atoms with van der Waals surface area (Å²) >= 11 is 32.1. The number of aromatic nitrogens is 5. The van der Waals surface area contributed by atoms with E-state index in [0.717, 1.165) is 88.4 Å². The Labute approximate surface area is 732 Å². The number of anilines is 8. The lowest BCUT2D eigenvalue weighted by Crippen LogP contribution is -2.48. The van der Waals surface area contributed by atoms with Crippen molar-refractivity contribution >= 4 is 188 Å². The first-order chi connectivity index (χ1) is 59.5. The Balaban J connectivity index is 0.000000134. The highest BCUT2D eigenvalue weighted by Gasteiger charge is 2.23. The first-order valence-corrected chi connectivity index (χ1v) is 40.5. The predicted octanol–water partition coefficient (Wildman–Crippen LogP) is 22.4. The number of benzene rings is 11. The fourth-order valence-corrected chi connectivity index (χ4v) is 14.9. The van der Waals surface area contributed by atoms with Gasteiger partial charge >= 0.3 is 0 Å². The highest BCUT2D eigenvalue weighted by Crippen LogP contribution is 2.39. The van der Waals surface area contributed by atoms with Crippen molar-refractivity contribution in [2.75, 3.05) is 68.7 Å². The van der Waals surface area contributed by atoms with Gasteiger partial charge in [-0.1, -0.05) is 155 Å². The third-order valence-electron chi connectivity index (χ3n) is 19.8. The number of nitrogens with two attached hydrogens (primary N) is 1. The summed E-state index contributed by atoms with van der Waals surface area (Å²) in [6.07, 6.45) is 8.57. The molecule has 0 radical (unpaired) electrons. The summed E-state index contributed by atoms with van der Waals surface area (Å²) in [6.45, 7) is 7.19. The summed E-state index contributed by atoms with van der Waals surface area (Å²) in [5.41, 5.74) is 17.6. The van der Waals surface area contributed by atoms with E-state index >= 15 is 0 Å². The largest absolute Gasteiger partial charge is 0.399 e. The van der Waals surface area contributed by atoms with Gasteiger partial charge in [0.15, 0.2) is 0 Å². The average molecular weight is 1730 g/mol. The van der Waals surface area contributed by atoms with Gasteiger partial charge in [-0.25, -0.2) is 4.98 Å². The number of nitrogens with one attached hydrogen (secondary N) is 6. The van der Waals surface area contributed by atoms with Crippen LogP contribution in [0.5, 0.6) is 0 Å². The van der Waals surface area contributed by atoms with Gasteiger partial charge in [-0.3, -0.25) is 53.5 Å². The number of nitrogens with zero attached hydrogens (tertiary/aromatic N) is 7. The number of hydrogen-bond donors (Lipinski definition) is 7. The molecule has 0 unspecified atom stereocenters. The Kier molecular flexibility index (Phi) is 27.1. The Bertz CT molecular complexity index is 6700. The van der Waals surface area contributed by atoms with E-state index < -0.39 is 0 Å². The molecule has 1 fully saturated rings. The van der Waals surface area contributed by atoms with Crippen molar-refractivity contribution in [3.8, 4) is 45.0 Å². The third-order valence-corrected chi connectivity index (χ3v) is 21.5. The summed E-state index contributed by atoms with van der Waals surface area (Å²) < 4.78 is 0. The molecular weight excluding hydrogens is 1650 g/mol. The van der Waals surface area contributed by atoms with Gasteiger partial charge in [0, 0.05) is 173 Å². The van der Waals surface area contributed by atoms with Gasteiger partial charge in [0.1, 0.15) is 5.82 Å². The minimum absolute atomic E-state index is 0.0891. The summed E-state index contributed by atoms with van der Waals surface area (Å²) in [6, 6.07) is 82.7. The number of halogens is 5. The summed E-state index contributed by atoms with van der Waals surface area (Å²) in [7, 11) is 0. The number of pyridine rings is 5. The van der Waals surface area contributed by atoms with E-state index in [0.29, 0.717) is 108 Å². The lowest BCUT2D eigenvalue weighted by Gasteiger charge is -2.34. The molecular formula is C97H75Cl5N14O7. The molecule has 17 rings (SSSR count). The van der Waals surface area contributed by atoms with Gasteiger partial charge < -0.3 is 47.4 Å². The van der Waals surface area contributed by atoms with Crippen LogP contribution in [0.1, 0.15) is 62.2 Å². The van der Waals surface area contributed by atoms with Crippen LogP contribution in [0.3, 0.4) is 0 Å². The van der Waals surface area contributed by atoms with Crippen molar-refractivity contribution in [3.05, 3.63) is 351 Å². The van der Waals surface area contributed by atoms with Crippen LogP contribution < -0.4 is 42.5 Å². The summed E-state index contributed by atoms with van der Waals surface area (Å²) in [5.74, 6) is -0.612. The normalized spacial score (nSPS) is 11.5. The molecule has 1 saturated heterocycles. The zero-order valence-electron chi connectivity index (χ0n) is 66.2. The maximum Gasteiger partial charge on any atom is 0.257 e. The molecule has 0 aliphatic carbocycles. The van der Waals surface area contributed by atoms with Crippen molar-refractivity contribution < 1.29 is 33.6 Å². The molecule has 1 aliphatic rings. The highest BCUT2D eigenvalue weighted by atomic mass is 35.5. The average Bonchev–Trinajstić information content (AvgIpc) is 0.800. The number of nitrogen functional groups attached to an aromatic ring is 1. The van der Waals surface area contributed by atoms with Crippen molar-refractivity contribution in [1.82, 2.24) is 29.8 Å². The number of piperazine rings is 1. The van der Waals surface area contributed by atoms with Crippen LogP contribution in [0, 0.1) is 0 Å². The van der Waals surface area contributed by atoms with Crippen molar-refractivity contribution in [2.45, 2.75) is 20.8 Å². The van der Waals surface area contributed by atoms with Crippen LogP contribution >= 0.6 is 58.0 Å². The first kappa shape index (κ1) is 85.0. The van der Waals surface area contributed by atoms with Crippen LogP contribution in [0.15, 0.2) is 304 Å². The molecule has 0 spiro atoms. The second-order valence-electron chi connectivity index (χ2n) is 28.3. The van der Waals surface area contributed by atoms with E-state index in [1.165, 1.54) is 19.9 Å². The van der Waals surface area contributed by atoms with Crippen molar-refractivity contribution in [2.24, 2.45) is 0 Å². The minimum Gasteiger partial charge on any atom is -0.399 e. The molecule has 26 heteroatoms. The number of amides is 7. The van der Waals surface area contributed by atoms with Gasteiger partial charge in [-0.2, -0.15) is 0 Å². The van der Waals surface area contributed by atoms with Crippen LogP contribution in [-0.2, 0) is 14.4 Å². The van der Waals surface area contributed by atoms with Gasteiger partial charge in [0.2, 0.25) is 17.7 Å². The van der Waals surface area contributed by atoms with E-state index in [1.807, 2.05) is 150 Å². The quantitative estimate of drug-likeness (QED) is 0.0470. The first-order valence-electron chi connectivity index (χ1n) is 38.6. The van der Waals surface area contributed by atoms with E-state index in [4.69, 9.17) is 63.7 Å². The van der Waals surface area contributed by atoms with Crippen LogP contribution in [0.2, 0.25) is 25.1 Å². The lowest BCUT2D eigenvalue weighted by molar-refractivity contribution is -0.129. The molecule has 0 bridgehead atoms. The van der Waals surface area contributed by atoms with Gasteiger partial charge in [-0.15, -0.1) is 0 Å². The SMILES string of the molecule is CC(=O)N1CCN(c2ccc(C(=O)Nc3ccc(Cl)c(-c4nccc5ccccc45)c3)cn2)CC1.CC(=O)Nc1ccc(C(=O)Nc2ccc(Cl)c(-c3nccc4ccccc34)c2)c(Cl)c1.CC(=O)Nc1ccc(C(=O)Nc2ccc(Cl)c(-c3nccc4ccccc34)c2)cc1.Nc1ccc(C(=O)Nc2ccc(Cl)c(-c3nccc4ccccc34)c2)cc1. The highest BCUT2D eigenvalue weighted by molar-refractivity contribution is 6.36. The number of carbonyl (C=O) groups excluding carboxylic acids is 7. The van der Waals surface area contributed by atoms with E-state index in [2.05, 4.69) is 61.7 Å². The second kappa shape index (κ2) is 39.2. The van der Waals surface area contributed by atoms with E-state index in [9.17, 15) is 33.6 Å². The second-order valence-corrected chi connectivity index (χ2v) is 30.3. The van der Waals surface area contributed by atoms with Crippen molar-refractivity contribution in [1.29, 1.82) is 0 Å². The Morgan fingerprint density at radius 3 is 0.976 bits per heavy atom. The van der Waals surface area contributed by atoms with Crippen LogP contribution in [0.25, 0.3) is 88.1 Å². The molecule has 0 saturated carbocycles. The molecule has 610 valence electrons. The van der Waals surface area contributed by atoms with E-state index in [-0.39, 0.29) is 51.9 Å². The van der Waals surface area contributed by atoms with Crippen LogP contribution in [0.4, 0.5) is 45.6 Å². The molecule has 21 nitrogen and oxygen atoms in total. The van der Waals surface area contributed by atoms with Gasteiger partial charge in [-0.05, 0) is 197 Å². The Morgan fingerprint density at radius 2 is 0.626 bits per heavy atom. The Morgan fingerprint density at radius 1 is 0.309 bits per heavy atom. The molecule has 1 aliphatic heterocycles. The summed E-state index contributed by atoms with van der Waals surface area (Å²) in [5, 5.41) is 27.5. The fourth-order valence-electron chi connectivity index (χ4n) is 13.8. The zero-order chi connectivity index (χ0) is 86.2. The minimum atomic E-state index is -0.376. The molecule has 0 atom stereocenters. The van der Waals surface area contributed by atoms with E-state index in [1.54, 1.807) is 159 Å². The van der Waals surface area contributed by atoms with Crippen LogP contribution in [-0.4, -0.2) is 97.3 Å². The number of hydrogen-bond acceptors (Lipinski definition) is 14. The Hall–Kier alpha value is -14.5. The monoisotopic (exact) mass is 1720 g/mol. The number of fused-ring (bicyclic) bond motifs is 4. The topological polar surface area (TPSA) is 289 Å². The van der Waals surface area contributed by atoms with Gasteiger partial charge in [0.25, 0.3) is 23.6 Å². The molecule has 11 aromatic carbocycles. The molecule has 5 aromatic heterocycles. The third kappa shape index (κ3) is 21.1. The maximum atomic E-state index is 12.9. The van der Waals surface area contributed by atoms with Gasteiger partial charge in [0.05, 0.1) is 59.0 Å². The lowest BCUT2D eigenvalue weighted by atomic mass is 10.0. The number of rotatable bonds is 15. The molecule has 16 aromatic rings.